The standard InChI is InChI=1S/C22H25N3O3S/c1-4-25(14-21(26)23-17-8-6-10-20(12-17)28-3)13-18-15-29-22(24-18)16-7-5-9-19(11-16)27-2/h5-12,15H,4,13-14H2,1-3H3,(H,23,26). The van der Waals surface area contributed by atoms with Crippen molar-refractivity contribution >= 4 is 22.9 Å². The second-order valence-electron chi connectivity index (χ2n) is 6.46. The van der Waals surface area contributed by atoms with Crippen molar-refractivity contribution in [1.29, 1.82) is 0 Å². The van der Waals surface area contributed by atoms with Crippen molar-refractivity contribution in [3.05, 3.63) is 59.6 Å². The van der Waals surface area contributed by atoms with E-state index < -0.39 is 0 Å². The van der Waals surface area contributed by atoms with Gasteiger partial charge in [0.2, 0.25) is 5.91 Å². The summed E-state index contributed by atoms with van der Waals surface area (Å²) in [5, 5.41) is 5.90. The lowest BCUT2D eigenvalue weighted by Gasteiger charge is -2.18. The summed E-state index contributed by atoms with van der Waals surface area (Å²) in [6.45, 7) is 3.69. The van der Waals surface area contributed by atoms with E-state index in [0.29, 0.717) is 18.8 Å². The molecule has 0 atom stereocenters. The molecule has 0 fully saturated rings. The lowest BCUT2D eigenvalue weighted by Crippen LogP contribution is -2.32. The van der Waals surface area contributed by atoms with Crippen LogP contribution in [-0.2, 0) is 11.3 Å². The number of hydrogen-bond donors (Lipinski definition) is 1. The number of nitrogens with one attached hydrogen (secondary N) is 1. The van der Waals surface area contributed by atoms with Crippen LogP contribution in [0.4, 0.5) is 5.69 Å². The number of carbonyl (C=O) groups is 1. The third kappa shape index (κ3) is 5.79. The van der Waals surface area contributed by atoms with Crippen LogP contribution in [0.5, 0.6) is 11.5 Å². The molecular weight excluding hydrogens is 386 g/mol. The van der Waals surface area contributed by atoms with Gasteiger partial charge in [-0.3, -0.25) is 9.69 Å². The summed E-state index contributed by atoms with van der Waals surface area (Å²) in [5.74, 6) is 1.45. The Bertz CT molecular complexity index is 958. The van der Waals surface area contributed by atoms with Gasteiger partial charge in [-0.05, 0) is 30.8 Å². The Balaban J connectivity index is 1.61. The number of hydrogen-bond acceptors (Lipinski definition) is 6. The molecule has 0 unspecified atom stereocenters. The predicted molar refractivity (Wildman–Crippen MR) is 117 cm³/mol. The fraction of sp³-hybridized carbons (Fsp3) is 0.273. The number of methoxy groups -OCH3 is 2. The highest BCUT2D eigenvalue weighted by Gasteiger charge is 2.13. The first kappa shape index (κ1) is 20.8. The van der Waals surface area contributed by atoms with Crippen molar-refractivity contribution < 1.29 is 14.3 Å². The number of rotatable bonds is 9. The maximum Gasteiger partial charge on any atom is 0.238 e. The van der Waals surface area contributed by atoms with E-state index >= 15 is 0 Å². The first-order valence-electron chi connectivity index (χ1n) is 9.36. The van der Waals surface area contributed by atoms with Gasteiger partial charge in [0.1, 0.15) is 16.5 Å². The Morgan fingerprint density at radius 2 is 1.83 bits per heavy atom. The van der Waals surface area contributed by atoms with Gasteiger partial charge in [-0.15, -0.1) is 11.3 Å². The van der Waals surface area contributed by atoms with E-state index in [1.54, 1.807) is 31.6 Å². The van der Waals surface area contributed by atoms with E-state index in [1.807, 2.05) is 54.8 Å². The lowest BCUT2D eigenvalue weighted by molar-refractivity contribution is -0.117. The molecule has 2 aromatic carbocycles. The van der Waals surface area contributed by atoms with E-state index in [2.05, 4.69) is 10.2 Å². The molecule has 0 bridgehead atoms. The average Bonchev–Trinajstić information content (AvgIpc) is 3.22. The third-order valence-corrected chi connectivity index (χ3v) is 5.36. The Hall–Kier alpha value is -2.90. The van der Waals surface area contributed by atoms with Gasteiger partial charge in [0.05, 0.1) is 26.5 Å². The van der Waals surface area contributed by atoms with Gasteiger partial charge in [0.15, 0.2) is 0 Å². The molecule has 1 amide bonds. The second kappa shape index (κ2) is 10.0. The zero-order valence-electron chi connectivity index (χ0n) is 16.8. The number of thiazole rings is 1. The van der Waals surface area contributed by atoms with E-state index in [4.69, 9.17) is 14.5 Å². The number of nitrogens with zero attached hydrogens (tertiary/aromatic N) is 2. The average molecular weight is 412 g/mol. The number of amides is 1. The Morgan fingerprint density at radius 3 is 2.55 bits per heavy atom. The fourth-order valence-electron chi connectivity index (χ4n) is 2.88. The Morgan fingerprint density at radius 1 is 1.10 bits per heavy atom. The number of aromatic nitrogens is 1. The van der Waals surface area contributed by atoms with Gasteiger partial charge >= 0.3 is 0 Å². The molecule has 0 aliphatic rings. The molecule has 0 aliphatic carbocycles. The Kier molecular flexibility index (Phi) is 7.21. The minimum Gasteiger partial charge on any atom is -0.497 e. The quantitative estimate of drug-likeness (QED) is 0.569. The lowest BCUT2D eigenvalue weighted by atomic mass is 10.2. The molecule has 0 spiro atoms. The van der Waals surface area contributed by atoms with Crippen LogP contribution in [0, 0.1) is 0 Å². The zero-order valence-corrected chi connectivity index (χ0v) is 17.7. The first-order chi connectivity index (χ1) is 14.1. The van der Waals surface area contributed by atoms with Crippen molar-refractivity contribution in [3.8, 4) is 22.1 Å². The molecule has 0 saturated heterocycles. The summed E-state index contributed by atoms with van der Waals surface area (Å²) in [6, 6.07) is 15.2. The van der Waals surface area contributed by atoms with Crippen molar-refractivity contribution in [2.24, 2.45) is 0 Å². The summed E-state index contributed by atoms with van der Waals surface area (Å²) >= 11 is 1.59. The van der Waals surface area contributed by atoms with Crippen molar-refractivity contribution in [3.63, 3.8) is 0 Å². The van der Waals surface area contributed by atoms with Crippen LogP contribution < -0.4 is 14.8 Å². The van der Waals surface area contributed by atoms with Crippen LogP contribution in [0.15, 0.2) is 53.9 Å². The summed E-state index contributed by atoms with van der Waals surface area (Å²) in [6.07, 6.45) is 0. The number of anilines is 1. The number of benzene rings is 2. The molecule has 152 valence electrons. The van der Waals surface area contributed by atoms with Crippen LogP contribution in [0.1, 0.15) is 12.6 Å². The van der Waals surface area contributed by atoms with Crippen molar-refractivity contribution in [2.45, 2.75) is 13.5 Å². The maximum atomic E-state index is 12.4. The highest BCUT2D eigenvalue weighted by Crippen LogP contribution is 2.27. The summed E-state index contributed by atoms with van der Waals surface area (Å²) < 4.78 is 10.5. The smallest absolute Gasteiger partial charge is 0.238 e. The second-order valence-corrected chi connectivity index (χ2v) is 7.32. The molecule has 0 radical (unpaired) electrons. The highest BCUT2D eigenvalue weighted by molar-refractivity contribution is 7.13. The molecule has 6 nitrogen and oxygen atoms in total. The molecule has 1 heterocycles. The largest absolute Gasteiger partial charge is 0.497 e. The summed E-state index contributed by atoms with van der Waals surface area (Å²) in [4.78, 5) is 19.2. The number of ether oxygens (including phenoxy) is 2. The van der Waals surface area contributed by atoms with Gasteiger partial charge in [-0.25, -0.2) is 4.98 Å². The topological polar surface area (TPSA) is 63.7 Å². The van der Waals surface area contributed by atoms with Crippen LogP contribution in [0.25, 0.3) is 10.6 Å². The zero-order chi connectivity index (χ0) is 20.6. The molecule has 1 N–H and O–H groups in total. The minimum absolute atomic E-state index is 0.0663. The first-order valence-corrected chi connectivity index (χ1v) is 10.2. The SMILES string of the molecule is CCN(CC(=O)Nc1cccc(OC)c1)Cc1csc(-c2cccc(OC)c2)n1. The van der Waals surface area contributed by atoms with Gasteiger partial charge in [0, 0.05) is 29.2 Å². The molecular formula is C22H25N3O3S. The summed E-state index contributed by atoms with van der Waals surface area (Å²) in [5.41, 5.74) is 2.70. The van der Waals surface area contributed by atoms with Crippen molar-refractivity contribution in [2.75, 3.05) is 32.6 Å². The number of carbonyl (C=O) groups excluding carboxylic acids is 1. The highest BCUT2D eigenvalue weighted by atomic mass is 32.1. The van der Waals surface area contributed by atoms with Crippen molar-refractivity contribution in [1.82, 2.24) is 9.88 Å². The molecule has 1 aromatic heterocycles. The molecule has 0 saturated carbocycles. The van der Waals surface area contributed by atoms with Crippen LogP contribution in [0.3, 0.4) is 0 Å². The maximum absolute atomic E-state index is 12.4. The molecule has 0 aliphatic heterocycles. The molecule has 3 rings (SSSR count). The molecule has 3 aromatic rings. The monoisotopic (exact) mass is 411 g/mol. The van der Waals surface area contributed by atoms with E-state index in [0.717, 1.165) is 34.2 Å². The van der Waals surface area contributed by atoms with E-state index in [9.17, 15) is 4.79 Å². The van der Waals surface area contributed by atoms with Gasteiger partial charge in [-0.2, -0.15) is 0 Å². The Labute approximate surface area is 175 Å². The third-order valence-electron chi connectivity index (χ3n) is 4.42. The van der Waals surface area contributed by atoms with Gasteiger partial charge in [-0.1, -0.05) is 25.1 Å². The number of likely N-dealkylation sites (N-methyl/N-ethyl adjacent to an activating group) is 1. The van der Waals surface area contributed by atoms with Gasteiger partial charge < -0.3 is 14.8 Å². The van der Waals surface area contributed by atoms with E-state index in [-0.39, 0.29) is 5.91 Å². The fourth-order valence-corrected chi connectivity index (χ4v) is 3.69. The van der Waals surface area contributed by atoms with Crippen LogP contribution >= 0.6 is 11.3 Å². The minimum atomic E-state index is -0.0663. The summed E-state index contributed by atoms with van der Waals surface area (Å²) in [7, 11) is 3.26. The normalized spacial score (nSPS) is 10.8. The van der Waals surface area contributed by atoms with Crippen LogP contribution in [-0.4, -0.2) is 43.1 Å². The van der Waals surface area contributed by atoms with E-state index in [1.165, 1.54) is 0 Å². The van der Waals surface area contributed by atoms with Crippen LogP contribution in [0.2, 0.25) is 0 Å². The predicted octanol–water partition coefficient (Wildman–Crippen LogP) is 4.29. The van der Waals surface area contributed by atoms with Gasteiger partial charge in [0.25, 0.3) is 0 Å². The molecule has 7 heteroatoms. The molecule has 29 heavy (non-hydrogen) atoms.